The van der Waals surface area contributed by atoms with Crippen LogP contribution in [0, 0.1) is 0 Å². The summed E-state index contributed by atoms with van der Waals surface area (Å²) in [7, 11) is 0. The molecule has 1 rings (SSSR count). The number of carbonyl (C=O) groups is 1. The van der Waals surface area contributed by atoms with Crippen molar-refractivity contribution in [1.29, 1.82) is 0 Å². The summed E-state index contributed by atoms with van der Waals surface area (Å²) in [6, 6.07) is 5.11. The third-order valence-corrected chi connectivity index (χ3v) is 2.72. The monoisotopic (exact) mass is 256 g/mol. The smallest absolute Gasteiger partial charge is 0.153 e. The molecule has 0 atom stereocenters. The number of aliphatic hydroxyl groups excluding tert-OH is 1. The Bertz CT molecular complexity index is 353. The summed E-state index contributed by atoms with van der Waals surface area (Å²) < 4.78 is 5.51. The lowest BCUT2D eigenvalue weighted by atomic mass is 10.2. The molecule has 1 N–H and O–H groups in total. The minimum absolute atomic E-state index is 0.237. The first-order valence-electron chi connectivity index (χ1n) is 5.77. The highest BCUT2D eigenvalue weighted by Crippen LogP contribution is 2.27. The first-order valence-corrected chi connectivity index (χ1v) is 6.14. The molecule has 0 fully saturated rings. The van der Waals surface area contributed by atoms with Crippen LogP contribution in [0.15, 0.2) is 18.2 Å². The highest BCUT2D eigenvalue weighted by atomic mass is 35.5. The van der Waals surface area contributed by atoms with Crippen LogP contribution in [0.2, 0.25) is 5.02 Å². The average molecular weight is 257 g/mol. The number of benzene rings is 1. The Balaban J connectivity index is 2.38. The van der Waals surface area contributed by atoms with Crippen LogP contribution in [0.25, 0.3) is 0 Å². The number of para-hydroxylation sites is 1. The van der Waals surface area contributed by atoms with Crippen molar-refractivity contribution < 1.29 is 14.6 Å². The fraction of sp³-hybridized carbons (Fsp3) is 0.462. The third kappa shape index (κ3) is 4.75. The first kappa shape index (κ1) is 14.0. The van der Waals surface area contributed by atoms with Crippen molar-refractivity contribution in [2.24, 2.45) is 0 Å². The van der Waals surface area contributed by atoms with Crippen LogP contribution >= 0.6 is 11.6 Å². The van der Waals surface area contributed by atoms with Crippen LogP contribution in [0.4, 0.5) is 0 Å². The van der Waals surface area contributed by atoms with Gasteiger partial charge in [0.15, 0.2) is 6.29 Å². The van der Waals surface area contributed by atoms with E-state index in [1.165, 1.54) is 0 Å². The Morgan fingerprint density at radius 1 is 1.24 bits per heavy atom. The van der Waals surface area contributed by atoms with Gasteiger partial charge in [0.1, 0.15) is 5.75 Å². The molecule has 0 saturated heterocycles. The Labute approximate surface area is 106 Å². The number of halogens is 1. The van der Waals surface area contributed by atoms with Crippen LogP contribution < -0.4 is 4.74 Å². The summed E-state index contributed by atoms with van der Waals surface area (Å²) in [4.78, 5) is 10.8. The molecule has 0 radical (unpaired) electrons. The number of aldehydes is 1. The van der Waals surface area contributed by atoms with E-state index in [4.69, 9.17) is 21.4 Å². The normalized spacial score (nSPS) is 10.2. The molecule has 17 heavy (non-hydrogen) atoms. The van der Waals surface area contributed by atoms with Gasteiger partial charge in [-0.25, -0.2) is 0 Å². The zero-order chi connectivity index (χ0) is 12.5. The van der Waals surface area contributed by atoms with Crippen molar-refractivity contribution in [3.8, 4) is 5.75 Å². The Morgan fingerprint density at radius 3 is 2.71 bits per heavy atom. The van der Waals surface area contributed by atoms with Gasteiger partial charge in [0.25, 0.3) is 0 Å². The molecule has 0 spiro atoms. The van der Waals surface area contributed by atoms with Crippen molar-refractivity contribution in [2.75, 3.05) is 13.2 Å². The summed E-state index contributed by atoms with van der Waals surface area (Å²) >= 11 is 5.95. The highest BCUT2D eigenvalue weighted by Gasteiger charge is 2.07. The summed E-state index contributed by atoms with van der Waals surface area (Å²) in [6.45, 7) is 0.774. The molecule has 0 saturated carbocycles. The number of ether oxygens (including phenoxy) is 1. The maximum Gasteiger partial charge on any atom is 0.153 e. The quantitative estimate of drug-likeness (QED) is 0.574. The molecular weight excluding hydrogens is 240 g/mol. The minimum atomic E-state index is 0.237. The van der Waals surface area contributed by atoms with Crippen molar-refractivity contribution in [1.82, 2.24) is 0 Å². The molecule has 0 aromatic heterocycles. The predicted octanol–water partition coefficient (Wildman–Crippen LogP) is 3.08. The second kappa shape index (κ2) is 8.09. The van der Waals surface area contributed by atoms with Gasteiger partial charge in [0.05, 0.1) is 17.2 Å². The molecule has 0 aliphatic carbocycles. The molecule has 3 nitrogen and oxygen atoms in total. The standard InChI is InChI=1S/C13H17ClO3/c14-12-7-5-6-11(10-16)13(12)17-9-4-2-1-3-8-15/h5-7,10,15H,1-4,8-9H2. The second-order valence-electron chi connectivity index (χ2n) is 3.76. The Kier molecular flexibility index (Phi) is 6.67. The lowest BCUT2D eigenvalue weighted by Gasteiger charge is -2.09. The lowest BCUT2D eigenvalue weighted by Crippen LogP contribution is -2.00. The van der Waals surface area contributed by atoms with E-state index in [1.54, 1.807) is 18.2 Å². The van der Waals surface area contributed by atoms with Gasteiger partial charge in [-0.3, -0.25) is 4.79 Å². The van der Waals surface area contributed by atoms with Gasteiger partial charge in [-0.15, -0.1) is 0 Å². The predicted molar refractivity (Wildman–Crippen MR) is 67.9 cm³/mol. The maximum atomic E-state index is 10.8. The van der Waals surface area contributed by atoms with E-state index in [9.17, 15) is 4.79 Å². The van der Waals surface area contributed by atoms with Crippen LogP contribution in [0.1, 0.15) is 36.0 Å². The zero-order valence-corrected chi connectivity index (χ0v) is 10.4. The first-order chi connectivity index (χ1) is 8.29. The third-order valence-electron chi connectivity index (χ3n) is 2.42. The average Bonchev–Trinajstić information content (AvgIpc) is 2.35. The number of unbranched alkanes of at least 4 members (excludes halogenated alkanes) is 3. The number of rotatable bonds is 8. The Hall–Kier alpha value is -1.06. The molecule has 1 aromatic rings. The van der Waals surface area contributed by atoms with E-state index >= 15 is 0 Å². The summed E-state index contributed by atoms with van der Waals surface area (Å²) in [5.41, 5.74) is 0.479. The highest BCUT2D eigenvalue weighted by molar-refractivity contribution is 6.32. The number of aliphatic hydroxyl groups is 1. The van der Waals surface area contributed by atoms with E-state index in [0.717, 1.165) is 32.0 Å². The van der Waals surface area contributed by atoms with Gasteiger partial charge in [0.2, 0.25) is 0 Å². The lowest BCUT2D eigenvalue weighted by molar-refractivity contribution is 0.111. The van der Waals surface area contributed by atoms with Gasteiger partial charge in [-0.05, 0) is 31.4 Å². The number of hydrogen-bond donors (Lipinski definition) is 1. The van der Waals surface area contributed by atoms with E-state index in [1.807, 2.05) is 0 Å². The maximum absolute atomic E-state index is 10.8. The molecule has 4 heteroatoms. The van der Waals surface area contributed by atoms with E-state index < -0.39 is 0 Å². The summed E-state index contributed by atoms with van der Waals surface area (Å²) in [5.74, 6) is 0.464. The van der Waals surface area contributed by atoms with Crippen LogP contribution in [-0.2, 0) is 0 Å². The van der Waals surface area contributed by atoms with Crippen molar-refractivity contribution in [2.45, 2.75) is 25.7 Å². The molecular formula is C13H17ClO3. The van der Waals surface area contributed by atoms with Gasteiger partial charge >= 0.3 is 0 Å². The molecule has 0 amide bonds. The topological polar surface area (TPSA) is 46.5 Å². The fourth-order valence-corrected chi connectivity index (χ4v) is 1.75. The Morgan fingerprint density at radius 2 is 2.00 bits per heavy atom. The molecule has 94 valence electrons. The van der Waals surface area contributed by atoms with Crippen LogP contribution in [0.5, 0.6) is 5.75 Å². The summed E-state index contributed by atoms with van der Waals surface area (Å²) in [6.07, 6.45) is 4.45. The number of hydrogen-bond acceptors (Lipinski definition) is 3. The van der Waals surface area contributed by atoms with E-state index in [0.29, 0.717) is 22.9 Å². The second-order valence-corrected chi connectivity index (χ2v) is 4.17. The van der Waals surface area contributed by atoms with Crippen LogP contribution in [-0.4, -0.2) is 24.6 Å². The largest absolute Gasteiger partial charge is 0.491 e. The van der Waals surface area contributed by atoms with Crippen molar-refractivity contribution >= 4 is 17.9 Å². The number of carbonyl (C=O) groups excluding carboxylic acids is 1. The fourth-order valence-electron chi connectivity index (χ4n) is 1.51. The molecule has 0 aliphatic heterocycles. The summed E-state index contributed by atoms with van der Waals surface area (Å²) in [5, 5.41) is 9.08. The van der Waals surface area contributed by atoms with Crippen molar-refractivity contribution in [3.63, 3.8) is 0 Å². The molecule has 1 aromatic carbocycles. The zero-order valence-electron chi connectivity index (χ0n) is 9.69. The van der Waals surface area contributed by atoms with Gasteiger partial charge in [-0.2, -0.15) is 0 Å². The molecule has 0 aliphatic rings. The van der Waals surface area contributed by atoms with E-state index in [-0.39, 0.29) is 6.61 Å². The van der Waals surface area contributed by atoms with Gasteiger partial charge < -0.3 is 9.84 Å². The van der Waals surface area contributed by atoms with Gasteiger partial charge in [-0.1, -0.05) is 24.1 Å². The van der Waals surface area contributed by atoms with Crippen molar-refractivity contribution in [3.05, 3.63) is 28.8 Å². The van der Waals surface area contributed by atoms with E-state index in [2.05, 4.69) is 0 Å². The van der Waals surface area contributed by atoms with Gasteiger partial charge in [0, 0.05) is 6.61 Å². The molecule has 0 bridgehead atoms. The SMILES string of the molecule is O=Cc1cccc(Cl)c1OCCCCCCO. The molecule has 0 unspecified atom stereocenters. The minimum Gasteiger partial charge on any atom is -0.491 e. The van der Waals surface area contributed by atoms with Crippen LogP contribution in [0.3, 0.4) is 0 Å². The molecule has 0 heterocycles.